The smallest absolute Gasteiger partial charge is 0.360 e. The van der Waals surface area contributed by atoms with Gasteiger partial charge in [0, 0.05) is 14.1 Å². The maximum absolute atomic E-state index is 12.8. The second kappa shape index (κ2) is 6.79. The number of likely N-dealkylation sites (N-methyl/N-ethyl adjacent to an activating group) is 1. The van der Waals surface area contributed by atoms with E-state index in [1.54, 1.807) is 14.1 Å². The molecule has 116 valence electrons. The Labute approximate surface area is 126 Å². The van der Waals surface area contributed by atoms with Gasteiger partial charge in [0.15, 0.2) is 5.69 Å². The lowest BCUT2D eigenvalue weighted by atomic mass is 10.2. The highest BCUT2D eigenvalue weighted by Crippen LogP contribution is 2.06. The maximum Gasteiger partial charge on any atom is 0.360 e. The van der Waals surface area contributed by atoms with Gasteiger partial charge in [-0.25, -0.2) is 13.9 Å². The number of amides is 1. The van der Waals surface area contributed by atoms with Crippen LogP contribution in [-0.2, 0) is 22.7 Å². The van der Waals surface area contributed by atoms with E-state index in [4.69, 9.17) is 4.74 Å². The van der Waals surface area contributed by atoms with Gasteiger partial charge in [0.05, 0.1) is 6.20 Å². The number of halogens is 1. The Kier molecular flexibility index (Phi) is 4.82. The van der Waals surface area contributed by atoms with E-state index in [-0.39, 0.29) is 30.6 Å². The van der Waals surface area contributed by atoms with Gasteiger partial charge in [-0.3, -0.25) is 4.79 Å². The molecule has 1 amide bonds. The van der Waals surface area contributed by atoms with Gasteiger partial charge in [0.25, 0.3) is 0 Å². The van der Waals surface area contributed by atoms with E-state index in [0.29, 0.717) is 5.56 Å². The van der Waals surface area contributed by atoms with Gasteiger partial charge in [-0.05, 0) is 17.7 Å². The van der Waals surface area contributed by atoms with Gasteiger partial charge < -0.3 is 9.64 Å². The largest absolute Gasteiger partial charge is 0.456 e. The molecule has 22 heavy (non-hydrogen) atoms. The third-order valence-electron chi connectivity index (χ3n) is 2.83. The standard InChI is InChI=1S/C14H15FN4O3/c1-18(2)13(20)8-19-7-12(16-17-19)14(21)22-9-10-3-5-11(15)6-4-10/h3-7H,8-9H2,1-2H3. The highest BCUT2D eigenvalue weighted by atomic mass is 19.1. The van der Waals surface area contributed by atoms with Gasteiger partial charge in [-0.1, -0.05) is 17.3 Å². The number of ether oxygens (including phenoxy) is 1. The summed E-state index contributed by atoms with van der Waals surface area (Å²) in [5, 5.41) is 7.36. The Morgan fingerprint density at radius 2 is 1.95 bits per heavy atom. The molecule has 2 rings (SSSR count). The molecule has 0 radical (unpaired) electrons. The second-order valence-electron chi connectivity index (χ2n) is 4.79. The highest BCUT2D eigenvalue weighted by molar-refractivity contribution is 5.86. The van der Waals surface area contributed by atoms with Crippen LogP contribution in [0.2, 0.25) is 0 Å². The summed E-state index contributed by atoms with van der Waals surface area (Å²) in [7, 11) is 3.24. The fourth-order valence-corrected chi connectivity index (χ4v) is 1.55. The third kappa shape index (κ3) is 4.11. The number of carbonyl (C=O) groups is 2. The average molecular weight is 306 g/mol. The number of benzene rings is 1. The fourth-order valence-electron chi connectivity index (χ4n) is 1.55. The Bertz CT molecular complexity index is 667. The van der Waals surface area contributed by atoms with Crippen molar-refractivity contribution >= 4 is 11.9 Å². The van der Waals surface area contributed by atoms with Crippen molar-refractivity contribution in [2.24, 2.45) is 0 Å². The van der Waals surface area contributed by atoms with Gasteiger partial charge in [0.2, 0.25) is 5.91 Å². The molecule has 0 aliphatic heterocycles. The molecule has 0 aliphatic carbocycles. The number of carbonyl (C=O) groups excluding carboxylic acids is 2. The van der Waals surface area contributed by atoms with Crippen LogP contribution < -0.4 is 0 Å². The Balaban J connectivity index is 1.91. The van der Waals surface area contributed by atoms with Crippen LogP contribution >= 0.6 is 0 Å². The minimum atomic E-state index is -0.659. The summed E-state index contributed by atoms with van der Waals surface area (Å²) in [4.78, 5) is 24.7. The van der Waals surface area contributed by atoms with Crippen LogP contribution in [0.3, 0.4) is 0 Å². The van der Waals surface area contributed by atoms with E-state index in [9.17, 15) is 14.0 Å². The van der Waals surface area contributed by atoms with Crippen molar-refractivity contribution in [1.29, 1.82) is 0 Å². The highest BCUT2D eigenvalue weighted by Gasteiger charge is 2.14. The summed E-state index contributed by atoms with van der Waals surface area (Å²) in [5.41, 5.74) is 0.665. The van der Waals surface area contributed by atoms with E-state index in [1.165, 1.54) is 40.0 Å². The summed E-state index contributed by atoms with van der Waals surface area (Å²) < 4.78 is 19.1. The number of nitrogens with zero attached hydrogens (tertiary/aromatic N) is 4. The van der Waals surface area contributed by atoms with Crippen molar-refractivity contribution in [3.8, 4) is 0 Å². The molecule has 0 atom stereocenters. The molecule has 0 spiro atoms. The van der Waals surface area contributed by atoms with Crippen molar-refractivity contribution in [2.45, 2.75) is 13.2 Å². The summed E-state index contributed by atoms with van der Waals surface area (Å²) in [6.07, 6.45) is 1.34. The van der Waals surface area contributed by atoms with Gasteiger partial charge in [-0.15, -0.1) is 5.10 Å². The zero-order chi connectivity index (χ0) is 16.1. The lowest BCUT2D eigenvalue weighted by molar-refractivity contribution is -0.129. The van der Waals surface area contributed by atoms with Gasteiger partial charge >= 0.3 is 5.97 Å². The molecule has 1 heterocycles. The second-order valence-corrected chi connectivity index (χ2v) is 4.79. The van der Waals surface area contributed by atoms with E-state index in [1.807, 2.05) is 0 Å². The van der Waals surface area contributed by atoms with E-state index >= 15 is 0 Å². The average Bonchev–Trinajstić information content (AvgIpc) is 2.95. The Morgan fingerprint density at radius 3 is 2.59 bits per heavy atom. The lowest BCUT2D eigenvalue weighted by Gasteiger charge is -2.08. The van der Waals surface area contributed by atoms with Crippen molar-refractivity contribution in [1.82, 2.24) is 19.9 Å². The Hall–Kier alpha value is -2.77. The topological polar surface area (TPSA) is 77.3 Å². The number of hydrogen-bond acceptors (Lipinski definition) is 5. The van der Waals surface area contributed by atoms with E-state index < -0.39 is 5.97 Å². The first kappa shape index (κ1) is 15.6. The SMILES string of the molecule is CN(C)C(=O)Cn1cc(C(=O)OCc2ccc(F)cc2)nn1. The van der Waals surface area contributed by atoms with Crippen molar-refractivity contribution in [2.75, 3.05) is 14.1 Å². The minimum Gasteiger partial charge on any atom is -0.456 e. The lowest BCUT2D eigenvalue weighted by Crippen LogP contribution is -2.26. The molecule has 1 aromatic heterocycles. The Morgan fingerprint density at radius 1 is 1.27 bits per heavy atom. The van der Waals surface area contributed by atoms with Crippen LogP contribution in [0.1, 0.15) is 16.1 Å². The summed E-state index contributed by atoms with van der Waals surface area (Å²) in [6, 6.07) is 5.61. The molecular formula is C14H15FN4O3. The first-order chi connectivity index (χ1) is 10.5. The van der Waals surface area contributed by atoms with Crippen LogP contribution in [0.5, 0.6) is 0 Å². The quantitative estimate of drug-likeness (QED) is 0.766. The zero-order valence-corrected chi connectivity index (χ0v) is 12.2. The zero-order valence-electron chi connectivity index (χ0n) is 12.2. The first-order valence-electron chi connectivity index (χ1n) is 6.47. The molecule has 0 saturated carbocycles. The number of esters is 1. The number of rotatable bonds is 5. The van der Waals surface area contributed by atoms with E-state index in [0.717, 1.165) is 0 Å². The molecule has 0 saturated heterocycles. The molecule has 0 bridgehead atoms. The van der Waals surface area contributed by atoms with Crippen LogP contribution in [0, 0.1) is 5.82 Å². The molecule has 0 N–H and O–H groups in total. The van der Waals surface area contributed by atoms with Gasteiger partial charge in [-0.2, -0.15) is 0 Å². The van der Waals surface area contributed by atoms with Crippen LogP contribution in [0.15, 0.2) is 30.5 Å². The molecular weight excluding hydrogens is 291 g/mol. The molecule has 0 fully saturated rings. The first-order valence-corrected chi connectivity index (χ1v) is 6.47. The minimum absolute atomic E-state index is 0.00258. The van der Waals surface area contributed by atoms with Crippen molar-refractivity contribution < 1.29 is 18.7 Å². The predicted molar refractivity (Wildman–Crippen MR) is 74.2 cm³/mol. The summed E-state index contributed by atoms with van der Waals surface area (Å²) >= 11 is 0. The van der Waals surface area contributed by atoms with Crippen molar-refractivity contribution in [3.05, 3.63) is 47.5 Å². The van der Waals surface area contributed by atoms with Crippen LogP contribution in [0.4, 0.5) is 4.39 Å². The summed E-state index contributed by atoms with van der Waals surface area (Å²) in [6.45, 7) is -0.00611. The van der Waals surface area contributed by atoms with Crippen molar-refractivity contribution in [3.63, 3.8) is 0 Å². The number of hydrogen-bond donors (Lipinski definition) is 0. The summed E-state index contributed by atoms with van der Waals surface area (Å²) in [5.74, 6) is -1.19. The monoisotopic (exact) mass is 306 g/mol. The predicted octanol–water partition coefficient (Wildman–Crippen LogP) is 0.862. The molecule has 0 aliphatic rings. The van der Waals surface area contributed by atoms with E-state index in [2.05, 4.69) is 10.3 Å². The molecule has 2 aromatic rings. The fraction of sp³-hybridized carbons (Fsp3) is 0.286. The molecule has 1 aromatic carbocycles. The number of aromatic nitrogens is 3. The molecule has 0 unspecified atom stereocenters. The maximum atomic E-state index is 12.8. The third-order valence-corrected chi connectivity index (χ3v) is 2.83. The normalized spacial score (nSPS) is 10.3. The van der Waals surface area contributed by atoms with Crippen LogP contribution in [-0.4, -0.2) is 45.9 Å². The van der Waals surface area contributed by atoms with Gasteiger partial charge in [0.1, 0.15) is 19.0 Å². The molecule has 7 nitrogen and oxygen atoms in total. The van der Waals surface area contributed by atoms with Crippen LogP contribution in [0.25, 0.3) is 0 Å². The molecule has 8 heteroatoms.